The van der Waals surface area contributed by atoms with E-state index in [0.717, 1.165) is 22.6 Å². The van der Waals surface area contributed by atoms with Crippen molar-refractivity contribution in [2.24, 2.45) is 0 Å². The van der Waals surface area contributed by atoms with E-state index in [9.17, 15) is 5.26 Å². The van der Waals surface area contributed by atoms with Gasteiger partial charge in [0.1, 0.15) is 6.07 Å². The van der Waals surface area contributed by atoms with E-state index in [1.54, 1.807) is 0 Å². The van der Waals surface area contributed by atoms with Crippen molar-refractivity contribution in [3.05, 3.63) is 39.6 Å². The summed E-state index contributed by atoms with van der Waals surface area (Å²) in [5.74, 6) is 2.28. The Bertz CT molecular complexity index is 432. The predicted octanol–water partition coefficient (Wildman–Crippen LogP) is 4.06. The highest BCUT2D eigenvalue weighted by molar-refractivity contribution is 8.23. The van der Waals surface area contributed by atoms with E-state index in [1.807, 2.05) is 35.7 Å². The van der Waals surface area contributed by atoms with Crippen molar-refractivity contribution in [3.8, 4) is 6.07 Å². The molecule has 0 saturated carbocycles. The van der Waals surface area contributed by atoms with Gasteiger partial charge in [-0.2, -0.15) is 5.26 Å². The van der Waals surface area contributed by atoms with E-state index in [0.29, 0.717) is 0 Å². The lowest BCUT2D eigenvalue weighted by Crippen LogP contribution is -1.95. The standard InChI is InChI=1S/C13H13NS2/c1-10-3-5-11(6-4-10)12(9-14)13-15-7-2-8-16-13/h3-6H,2,7-8H2,1H3. The van der Waals surface area contributed by atoms with Crippen molar-refractivity contribution in [1.29, 1.82) is 5.26 Å². The Hall–Kier alpha value is -0.850. The largest absolute Gasteiger partial charge is 0.192 e. The van der Waals surface area contributed by atoms with Gasteiger partial charge in [0.25, 0.3) is 0 Å². The molecule has 0 unspecified atom stereocenters. The molecule has 0 amide bonds. The van der Waals surface area contributed by atoms with Crippen molar-refractivity contribution in [3.63, 3.8) is 0 Å². The summed E-state index contributed by atoms with van der Waals surface area (Å²) in [6.45, 7) is 2.06. The van der Waals surface area contributed by atoms with E-state index in [1.165, 1.54) is 16.2 Å². The van der Waals surface area contributed by atoms with Crippen molar-refractivity contribution in [2.75, 3.05) is 11.5 Å². The summed E-state index contributed by atoms with van der Waals surface area (Å²) in [6, 6.07) is 10.5. The Labute approximate surface area is 105 Å². The van der Waals surface area contributed by atoms with Gasteiger partial charge in [-0.05, 0) is 30.4 Å². The first-order chi connectivity index (χ1) is 7.81. The molecule has 0 N–H and O–H groups in total. The number of rotatable bonds is 1. The fourth-order valence-corrected chi connectivity index (χ4v) is 4.10. The highest BCUT2D eigenvalue weighted by Gasteiger charge is 2.13. The molecule has 0 aliphatic carbocycles. The second-order valence-electron chi connectivity index (χ2n) is 3.69. The number of benzene rings is 1. The lowest BCUT2D eigenvalue weighted by molar-refractivity contribution is 1.12. The molecule has 3 heteroatoms. The Morgan fingerprint density at radius 1 is 1.19 bits per heavy atom. The van der Waals surface area contributed by atoms with Crippen LogP contribution in [0.4, 0.5) is 0 Å². The lowest BCUT2D eigenvalue weighted by Gasteiger charge is -2.14. The molecule has 82 valence electrons. The Balaban J connectivity index is 2.35. The minimum atomic E-state index is 0.842. The van der Waals surface area contributed by atoms with Crippen LogP contribution in [0.1, 0.15) is 17.5 Å². The van der Waals surface area contributed by atoms with Gasteiger partial charge in [0.2, 0.25) is 0 Å². The molecular weight excluding hydrogens is 234 g/mol. The number of hydrogen-bond acceptors (Lipinski definition) is 3. The average molecular weight is 247 g/mol. The summed E-state index contributed by atoms with van der Waals surface area (Å²) in [4.78, 5) is 0. The van der Waals surface area contributed by atoms with E-state index >= 15 is 0 Å². The summed E-state index contributed by atoms with van der Waals surface area (Å²) in [5, 5.41) is 9.27. The third kappa shape index (κ3) is 2.63. The molecule has 1 saturated heterocycles. The number of nitrogens with zero attached hydrogens (tertiary/aromatic N) is 1. The highest BCUT2D eigenvalue weighted by atomic mass is 32.2. The molecule has 1 aliphatic rings. The van der Waals surface area contributed by atoms with Crippen molar-refractivity contribution >= 4 is 29.1 Å². The Morgan fingerprint density at radius 2 is 1.81 bits per heavy atom. The fourth-order valence-electron chi connectivity index (χ4n) is 1.52. The van der Waals surface area contributed by atoms with Gasteiger partial charge in [0, 0.05) is 0 Å². The van der Waals surface area contributed by atoms with Crippen molar-refractivity contribution in [1.82, 2.24) is 0 Å². The summed E-state index contributed by atoms with van der Waals surface area (Å²) in [6.07, 6.45) is 1.24. The number of nitriles is 1. The molecule has 16 heavy (non-hydrogen) atoms. The van der Waals surface area contributed by atoms with Crippen LogP contribution in [-0.2, 0) is 0 Å². The lowest BCUT2D eigenvalue weighted by atomic mass is 10.1. The molecule has 0 radical (unpaired) electrons. The van der Waals surface area contributed by atoms with Gasteiger partial charge in [-0.3, -0.25) is 0 Å². The normalized spacial score (nSPS) is 15.6. The maximum atomic E-state index is 9.27. The van der Waals surface area contributed by atoms with Crippen LogP contribution in [0.2, 0.25) is 0 Å². The van der Waals surface area contributed by atoms with Crippen molar-refractivity contribution < 1.29 is 0 Å². The zero-order chi connectivity index (χ0) is 11.4. The number of hydrogen-bond donors (Lipinski definition) is 0. The average Bonchev–Trinajstić information content (AvgIpc) is 2.34. The zero-order valence-corrected chi connectivity index (χ0v) is 10.8. The first-order valence-electron chi connectivity index (χ1n) is 5.28. The topological polar surface area (TPSA) is 23.8 Å². The Kier molecular flexibility index (Phi) is 3.98. The van der Waals surface area contributed by atoms with Crippen LogP contribution in [-0.4, -0.2) is 11.5 Å². The summed E-state index contributed by atoms with van der Waals surface area (Å²) < 4.78 is 1.19. The number of thioether (sulfide) groups is 2. The molecule has 1 aliphatic heterocycles. The Morgan fingerprint density at radius 3 is 2.38 bits per heavy atom. The molecule has 1 fully saturated rings. The SMILES string of the molecule is Cc1ccc(C(C#N)=C2SCCCS2)cc1. The summed E-state index contributed by atoms with van der Waals surface area (Å²) >= 11 is 3.63. The molecule has 2 rings (SSSR count). The second kappa shape index (κ2) is 5.47. The first kappa shape index (κ1) is 11.6. The van der Waals surface area contributed by atoms with E-state index < -0.39 is 0 Å². The number of allylic oxidation sites excluding steroid dienone is 1. The van der Waals surface area contributed by atoms with Crippen LogP contribution >= 0.6 is 23.5 Å². The third-order valence-electron chi connectivity index (χ3n) is 2.41. The zero-order valence-electron chi connectivity index (χ0n) is 9.19. The second-order valence-corrected chi connectivity index (χ2v) is 6.16. The minimum absolute atomic E-state index is 0.842. The van der Waals surface area contributed by atoms with Gasteiger partial charge in [0.05, 0.1) is 9.81 Å². The van der Waals surface area contributed by atoms with E-state index in [2.05, 4.69) is 25.1 Å². The van der Waals surface area contributed by atoms with Gasteiger partial charge >= 0.3 is 0 Å². The van der Waals surface area contributed by atoms with E-state index in [-0.39, 0.29) is 0 Å². The van der Waals surface area contributed by atoms with Crippen molar-refractivity contribution in [2.45, 2.75) is 13.3 Å². The van der Waals surface area contributed by atoms with Crippen LogP contribution in [0, 0.1) is 18.3 Å². The number of aryl methyl sites for hydroxylation is 1. The van der Waals surface area contributed by atoms with E-state index in [4.69, 9.17) is 0 Å². The smallest absolute Gasteiger partial charge is 0.101 e. The molecule has 1 aromatic rings. The molecular formula is C13H13NS2. The van der Waals surface area contributed by atoms with Gasteiger partial charge in [-0.25, -0.2) is 0 Å². The van der Waals surface area contributed by atoms with Crippen LogP contribution in [0.15, 0.2) is 28.5 Å². The molecule has 0 aromatic heterocycles. The maximum absolute atomic E-state index is 9.27. The summed E-state index contributed by atoms with van der Waals surface area (Å²) in [5.41, 5.74) is 3.12. The maximum Gasteiger partial charge on any atom is 0.101 e. The monoisotopic (exact) mass is 247 g/mol. The molecule has 1 heterocycles. The fraction of sp³-hybridized carbons (Fsp3) is 0.308. The van der Waals surface area contributed by atoms with Gasteiger partial charge in [0.15, 0.2) is 0 Å². The predicted molar refractivity (Wildman–Crippen MR) is 73.2 cm³/mol. The van der Waals surface area contributed by atoms with Crippen LogP contribution in [0.5, 0.6) is 0 Å². The van der Waals surface area contributed by atoms with Gasteiger partial charge in [-0.15, -0.1) is 23.5 Å². The van der Waals surface area contributed by atoms with Crippen LogP contribution < -0.4 is 0 Å². The molecule has 0 bridgehead atoms. The third-order valence-corrected chi connectivity index (χ3v) is 5.04. The van der Waals surface area contributed by atoms with Gasteiger partial charge in [-0.1, -0.05) is 29.8 Å². The molecule has 1 nitrogen and oxygen atoms in total. The van der Waals surface area contributed by atoms with Gasteiger partial charge < -0.3 is 0 Å². The minimum Gasteiger partial charge on any atom is -0.192 e. The summed E-state index contributed by atoms with van der Waals surface area (Å²) in [7, 11) is 0. The highest BCUT2D eigenvalue weighted by Crippen LogP contribution is 2.39. The molecule has 0 atom stereocenters. The molecule has 0 spiro atoms. The molecule has 1 aromatic carbocycles. The van der Waals surface area contributed by atoms with Crippen LogP contribution in [0.25, 0.3) is 5.57 Å². The quantitative estimate of drug-likeness (QED) is 0.699. The first-order valence-corrected chi connectivity index (χ1v) is 7.25. The van der Waals surface area contributed by atoms with Crippen LogP contribution in [0.3, 0.4) is 0 Å².